The molecule has 1 aliphatic rings. The van der Waals surface area contributed by atoms with E-state index in [2.05, 4.69) is 23.7 Å². The third-order valence-corrected chi connectivity index (χ3v) is 4.86. The molecule has 1 atom stereocenters. The first-order valence-corrected chi connectivity index (χ1v) is 9.16. The van der Waals surface area contributed by atoms with Gasteiger partial charge in [0.25, 0.3) is 0 Å². The predicted octanol–water partition coefficient (Wildman–Crippen LogP) is 4.62. The molecule has 0 bridgehead atoms. The summed E-state index contributed by atoms with van der Waals surface area (Å²) >= 11 is 7.95. The Hall–Kier alpha value is -1.30. The first-order chi connectivity index (χ1) is 11.3. The van der Waals surface area contributed by atoms with E-state index in [1.54, 1.807) is 17.8 Å². The van der Waals surface area contributed by atoms with Gasteiger partial charge in [-0.05, 0) is 50.0 Å². The zero-order valence-corrected chi connectivity index (χ0v) is 16.1. The quantitative estimate of drug-likeness (QED) is 0.794. The van der Waals surface area contributed by atoms with Crippen LogP contribution in [0.3, 0.4) is 0 Å². The van der Waals surface area contributed by atoms with Gasteiger partial charge in [-0.2, -0.15) is 0 Å². The lowest BCUT2D eigenvalue weighted by Crippen LogP contribution is -2.33. The van der Waals surface area contributed by atoms with E-state index in [0.29, 0.717) is 5.02 Å². The van der Waals surface area contributed by atoms with Gasteiger partial charge in [0, 0.05) is 22.2 Å². The molecule has 1 aromatic carbocycles. The molecule has 0 amide bonds. The van der Waals surface area contributed by atoms with E-state index in [0.717, 1.165) is 39.9 Å². The fraction of sp³-hybridized carbons (Fsp3) is 0.389. The average molecular weight is 368 g/mol. The number of halogens is 2. The maximum Gasteiger partial charge on any atom is 0.139 e. The van der Waals surface area contributed by atoms with Gasteiger partial charge in [-0.1, -0.05) is 31.2 Å². The van der Waals surface area contributed by atoms with Gasteiger partial charge in [-0.25, -0.2) is 4.39 Å². The van der Waals surface area contributed by atoms with Crippen LogP contribution in [0.25, 0.3) is 0 Å². The van der Waals surface area contributed by atoms with Gasteiger partial charge < -0.3 is 10.2 Å². The van der Waals surface area contributed by atoms with Gasteiger partial charge in [0.05, 0.1) is 0 Å². The van der Waals surface area contributed by atoms with Crippen LogP contribution in [0.2, 0.25) is 5.02 Å². The Bertz CT molecular complexity index is 698. The minimum absolute atomic E-state index is 0.244. The molecule has 0 radical (unpaired) electrons. The molecule has 1 aromatic rings. The van der Waals surface area contributed by atoms with E-state index in [-0.39, 0.29) is 11.9 Å². The molecule has 1 N–H and O–H groups in total. The molecule has 0 aliphatic carbocycles. The third-order valence-electron chi connectivity index (χ3n) is 3.70. The van der Waals surface area contributed by atoms with E-state index < -0.39 is 0 Å². The molecule has 0 aromatic heterocycles. The number of likely N-dealkylation sites (N-methyl/N-ethyl adjacent to an activating group) is 1. The van der Waals surface area contributed by atoms with Crippen LogP contribution in [-0.2, 0) is 0 Å². The second-order valence-corrected chi connectivity index (χ2v) is 7.68. The highest BCUT2D eigenvalue weighted by Gasteiger charge is 2.27. The molecule has 1 aliphatic heterocycles. The van der Waals surface area contributed by atoms with Crippen LogP contribution in [0, 0.1) is 5.82 Å². The summed E-state index contributed by atoms with van der Waals surface area (Å²) in [7, 11) is 4.02. The number of nitrogens with zero attached hydrogens (tertiary/aromatic N) is 2. The number of allylic oxidation sites excluding steroid dienone is 1. The van der Waals surface area contributed by atoms with Crippen LogP contribution in [0.1, 0.15) is 25.5 Å². The summed E-state index contributed by atoms with van der Waals surface area (Å²) in [4.78, 5) is 7.82. The number of benzene rings is 1. The zero-order valence-electron chi connectivity index (χ0n) is 14.5. The first kappa shape index (κ1) is 19.0. The normalized spacial score (nSPS) is 17.8. The first-order valence-electron chi connectivity index (χ1n) is 7.79. The third kappa shape index (κ3) is 4.41. The number of hydrogen-bond acceptors (Lipinski definition) is 4. The largest absolute Gasteiger partial charge is 0.343 e. The molecule has 0 saturated heterocycles. The topological polar surface area (TPSA) is 27.6 Å². The van der Waals surface area contributed by atoms with Crippen LogP contribution < -0.4 is 5.32 Å². The Balaban J connectivity index is 2.49. The molecule has 6 heteroatoms. The number of aliphatic imine (C=N–C) groups is 1. The SMILES string of the molecule is C=C(SCC)C1=NC(c2ccc(F)cc2Cl)C(CN(C)C)=C(C)N1. The monoisotopic (exact) mass is 367 g/mol. The average Bonchev–Trinajstić information content (AvgIpc) is 2.49. The van der Waals surface area contributed by atoms with Crippen molar-refractivity contribution in [1.82, 2.24) is 10.2 Å². The van der Waals surface area contributed by atoms with Crippen LogP contribution in [0.15, 0.2) is 45.9 Å². The van der Waals surface area contributed by atoms with Gasteiger partial charge in [0.15, 0.2) is 0 Å². The maximum absolute atomic E-state index is 13.4. The van der Waals surface area contributed by atoms with E-state index in [1.807, 2.05) is 21.0 Å². The molecule has 0 saturated carbocycles. The van der Waals surface area contributed by atoms with Gasteiger partial charge in [-0.15, -0.1) is 11.8 Å². The highest BCUT2D eigenvalue weighted by molar-refractivity contribution is 8.03. The fourth-order valence-corrected chi connectivity index (χ4v) is 3.47. The molecule has 0 spiro atoms. The Kier molecular flexibility index (Phi) is 6.49. The highest BCUT2D eigenvalue weighted by Crippen LogP contribution is 2.36. The Morgan fingerprint density at radius 3 is 2.75 bits per heavy atom. The van der Waals surface area contributed by atoms with E-state index in [9.17, 15) is 4.39 Å². The van der Waals surface area contributed by atoms with Gasteiger partial charge in [-0.3, -0.25) is 4.99 Å². The van der Waals surface area contributed by atoms with E-state index in [4.69, 9.17) is 16.6 Å². The lowest BCUT2D eigenvalue weighted by atomic mass is 9.95. The van der Waals surface area contributed by atoms with Crippen LogP contribution >= 0.6 is 23.4 Å². The van der Waals surface area contributed by atoms with Gasteiger partial charge in [0.2, 0.25) is 0 Å². The lowest BCUT2D eigenvalue weighted by Gasteiger charge is -2.30. The molecule has 24 heavy (non-hydrogen) atoms. The van der Waals surface area contributed by atoms with E-state index >= 15 is 0 Å². The number of nitrogens with one attached hydrogen (secondary N) is 1. The minimum Gasteiger partial charge on any atom is -0.343 e. The Labute approximate surface area is 152 Å². The van der Waals surface area contributed by atoms with E-state index in [1.165, 1.54) is 12.1 Å². The van der Waals surface area contributed by atoms with Gasteiger partial charge in [0.1, 0.15) is 17.7 Å². The Morgan fingerprint density at radius 1 is 1.46 bits per heavy atom. The summed E-state index contributed by atoms with van der Waals surface area (Å²) in [5.41, 5.74) is 2.96. The summed E-state index contributed by atoms with van der Waals surface area (Å²) in [5, 5.41) is 3.74. The van der Waals surface area contributed by atoms with Crippen LogP contribution in [-0.4, -0.2) is 37.1 Å². The molecule has 0 fully saturated rings. The van der Waals surface area contributed by atoms with Crippen molar-refractivity contribution in [2.45, 2.75) is 19.9 Å². The number of hydrogen-bond donors (Lipinski definition) is 1. The van der Waals surface area contributed by atoms with Crippen molar-refractivity contribution in [3.05, 3.63) is 57.4 Å². The molecule has 130 valence electrons. The molecule has 1 heterocycles. The summed E-state index contributed by atoms with van der Waals surface area (Å²) in [5.74, 6) is 1.34. The van der Waals surface area contributed by atoms with Crippen molar-refractivity contribution in [3.8, 4) is 0 Å². The molecular formula is C18H23ClFN3S. The second-order valence-electron chi connectivity index (χ2n) is 5.92. The van der Waals surface area contributed by atoms with Crippen molar-refractivity contribution in [3.63, 3.8) is 0 Å². The van der Waals surface area contributed by atoms with Crippen molar-refractivity contribution >= 4 is 29.2 Å². The zero-order chi connectivity index (χ0) is 17.9. The second kappa shape index (κ2) is 8.19. The Morgan fingerprint density at radius 2 is 2.17 bits per heavy atom. The summed E-state index contributed by atoms with van der Waals surface area (Å²) in [6.07, 6.45) is 0. The fourth-order valence-electron chi connectivity index (χ4n) is 2.61. The highest BCUT2D eigenvalue weighted by atomic mass is 35.5. The number of rotatable bonds is 6. The van der Waals surface area contributed by atoms with Gasteiger partial charge >= 0.3 is 0 Å². The number of thioether (sulfide) groups is 1. The summed E-state index contributed by atoms with van der Waals surface area (Å²) in [6.45, 7) is 8.94. The van der Waals surface area contributed by atoms with Crippen molar-refractivity contribution in [2.24, 2.45) is 4.99 Å². The molecular weight excluding hydrogens is 345 g/mol. The predicted molar refractivity (Wildman–Crippen MR) is 103 cm³/mol. The standard InChI is InChI=1S/C18H23ClFN3S/c1-6-24-12(3)18-21-11(2)15(10-23(4)5)17(22-18)14-8-7-13(20)9-16(14)19/h7-9,17H,3,6,10H2,1-2,4-5H3,(H,21,22). The molecule has 2 rings (SSSR count). The van der Waals surface area contributed by atoms with Crippen molar-refractivity contribution in [1.29, 1.82) is 0 Å². The summed E-state index contributed by atoms with van der Waals surface area (Å²) in [6, 6.07) is 4.24. The summed E-state index contributed by atoms with van der Waals surface area (Å²) < 4.78 is 13.4. The van der Waals surface area contributed by atoms with Crippen LogP contribution in [0.5, 0.6) is 0 Å². The molecule has 3 nitrogen and oxygen atoms in total. The minimum atomic E-state index is -0.345. The maximum atomic E-state index is 13.4. The smallest absolute Gasteiger partial charge is 0.139 e. The van der Waals surface area contributed by atoms with Crippen molar-refractivity contribution in [2.75, 3.05) is 26.4 Å². The lowest BCUT2D eigenvalue weighted by molar-refractivity contribution is 0.429. The molecule has 1 unspecified atom stereocenters. The van der Waals surface area contributed by atoms with Crippen LogP contribution in [0.4, 0.5) is 4.39 Å². The number of amidine groups is 1. The van der Waals surface area contributed by atoms with Crippen molar-refractivity contribution < 1.29 is 4.39 Å².